The number of pyridine rings is 1. The zero-order valence-electron chi connectivity index (χ0n) is 13.3. The number of hydrogen-bond donors (Lipinski definition) is 2. The number of carbonyl (C=O) groups excluding carboxylic acids is 2. The van der Waals surface area contributed by atoms with E-state index in [4.69, 9.17) is 5.73 Å². The highest BCUT2D eigenvalue weighted by Crippen LogP contribution is 2.17. The van der Waals surface area contributed by atoms with Gasteiger partial charge in [-0.25, -0.2) is 0 Å². The highest BCUT2D eigenvalue weighted by atomic mass is 79.9. The Kier molecular flexibility index (Phi) is 5.09. The summed E-state index contributed by atoms with van der Waals surface area (Å²) in [6, 6.07) is 15.8. The normalized spacial score (nSPS) is 11.9. The highest BCUT2D eigenvalue weighted by Gasteiger charge is 2.21. The number of hydrogen-bond acceptors (Lipinski definition) is 3. The van der Waals surface area contributed by atoms with Crippen molar-refractivity contribution >= 4 is 38.6 Å². The predicted molar refractivity (Wildman–Crippen MR) is 100 cm³/mol. The first-order valence-corrected chi connectivity index (χ1v) is 8.52. The van der Waals surface area contributed by atoms with Crippen LogP contribution in [0.25, 0.3) is 10.9 Å². The first-order chi connectivity index (χ1) is 12.0. The third kappa shape index (κ3) is 4.03. The summed E-state index contributed by atoms with van der Waals surface area (Å²) in [5.41, 5.74) is 7.38. The number of nitrogens with one attached hydrogen (secondary N) is 1. The Morgan fingerprint density at radius 2 is 1.88 bits per heavy atom. The fourth-order valence-electron chi connectivity index (χ4n) is 2.65. The van der Waals surface area contributed by atoms with Crippen LogP contribution in [0.5, 0.6) is 0 Å². The van der Waals surface area contributed by atoms with Crippen molar-refractivity contribution in [1.29, 1.82) is 0 Å². The van der Waals surface area contributed by atoms with Crippen LogP contribution in [0.1, 0.15) is 15.9 Å². The molecule has 0 saturated heterocycles. The molecule has 0 aliphatic rings. The van der Waals surface area contributed by atoms with Gasteiger partial charge in [0, 0.05) is 22.5 Å². The summed E-state index contributed by atoms with van der Waals surface area (Å²) in [5, 5.41) is 3.58. The zero-order chi connectivity index (χ0) is 17.8. The lowest BCUT2D eigenvalue weighted by atomic mass is 10.0. The molecule has 1 aromatic heterocycles. The molecule has 0 saturated carbocycles. The molecule has 2 amide bonds. The fourth-order valence-corrected chi connectivity index (χ4v) is 3.09. The summed E-state index contributed by atoms with van der Waals surface area (Å²) in [6.45, 7) is 0. The van der Waals surface area contributed by atoms with Crippen molar-refractivity contribution in [3.63, 3.8) is 0 Å². The van der Waals surface area contributed by atoms with E-state index in [1.807, 2.05) is 42.5 Å². The van der Waals surface area contributed by atoms with Gasteiger partial charge in [-0.1, -0.05) is 46.3 Å². The van der Waals surface area contributed by atoms with E-state index < -0.39 is 11.9 Å². The van der Waals surface area contributed by atoms with Crippen molar-refractivity contribution in [3.05, 3.63) is 76.4 Å². The van der Waals surface area contributed by atoms with Crippen LogP contribution in [-0.2, 0) is 11.2 Å². The quantitative estimate of drug-likeness (QED) is 0.693. The van der Waals surface area contributed by atoms with E-state index in [0.29, 0.717) is 17.5 Å². The van der Waals surface area contributed by atoms with Crippen LogP contribution in [-0.4, -0.2) is 22.8 Å². The van der Waals surface area contributed by atoms with E-state index in [0.717, 1.165) is 15.4 Å². The highest BCUT2D eigenvalue weighted by molar-refractivity contribution is 9.10. The van der Waals surface area contributed by atoms with Crippen LogP contribution in [0, 0.1) is 0 Å². The molecule has 2 aromatic carbocycles. The molecule has 5 nitrogen and oxygen atoms in total. The summed E-state index contributed by atoms with van der Waals surface area (Å²) in [6.07, 6.45) is 1.95. The first kappa shape index (κ1) is 17.1. The second kappa shape index (κ2) is 7.44. The van der Waals surface area contributed by atoms with Crippen LogP contribution in [0.3, 0.4) is 0 Å². The number of nitrogens with zero attached hydrogens (tertiary/aromatic N) is 1. The van der Waals surface area contributed by atoms with Gasteiger partial charge in [-0.05, 0) is 29.8 Å². The Balaban J connectivity index is 1.84. The monoisotopic (exact) mass is 397 g/mol. The molecule has 25 heavy (non-hydrogen) atoms. The fraction of sp³-hybridized carbons (Fsp3) is 0.105. The minimum Gasteiger partial charge on any atom is -0.368 e. The summed E-state index contributed by atoms with van der Waals surface area (Å²) < 4.78 is 0.901. The average molecular weight is 398 g/mol. The molecule has 1 atom stereocenters. The number of fused-ring (bicyclic) bond motifs is 1. The van der Waals surface area contributed by atoms with Crippen molar-refractivity contribution < 1.29 is 9.59 Å². The summed E-state index contributed by atoms with van der Waals surface area (Å²) in [7, 11) is 0. The number of carbonyl (C=O) groups is 2. The molecule has 6 heteroatoms. The SMILES string of the molecule is NC(=O)[C@@H](Cc1cccc(Br)c1)NC(=O)c1cccc2cccnc12. The maximum atomic E-state index is 12.7. The van der Waals surface area contributed by atoms with Gasteiger partial charge in [0.05, 0.1) is 11.1 Å². The number of halogens is 1. The van der Waals surface area contributed by atoms with Crippen LogP contribution in [0.4, 0.5) is 0 Å². The van der Waals surface area contributed by atoms with E-state index >= 15 is 0 Å². The molecule has 0 unspecified atom stereocenters. The number of primary amides is 1. The standard InChI is InChI=1S/C19H16BrN3O2/c20-14-7-1-4-12(10-14)11-16(18(21)24)23-19(25)15-8-2-5-13-6-3-9-22-17(13)15/h1-10,16H,11H2,(H2,21,24)(H,23,25)/t16-/m1/s1. The van der Waals surface area contributed by atoms with Crippen molar-refractivity contribution in [2.45, 2.75) is 12.5 Å². The van der Waals surface area contributed by atoms with Crippen LogP contribution >= 0.6 is 15.9 Å². The van der Waals surface area contributed by atoms with Gasteiger partial charge in [0.25, 0.3) is 5.91 Å². The molecule has 0 fully saturated rings. The average Bonchev–Trinajstić information content (AvgIpc) is 2.60. The molecule has 0 radical (unpaired) electrons. The van der Waals surface area contributed by atoms with Crippen molar-refractivity contribution in [2.75, 3.05) is 0 Å². The van der Waals surface area contributed by atoms with E-state index in [1.165, 1.54) is 0 Å². The number of para-hydroxylation sites is 1. The van der Waals surface area contributed by atoms with Crippen molar-refractivity contribution in [3.8, 4) is 0 Å². The second-order valence-electron chi connectivity index (χ2n) is 5.64. The van der Waals surface area contributed by atoms with Gasteiger partial charge in [-0.3, -0.25) is 14.6 Å². The predicted octanol–water partition coefficient (Wildman–Crippen LogP) is 2.82. The van der Waals surface area contributed by atoms with Gasteiger partial charge >= 0.3 is 0 Å². The maximum absolute atomic E-state index is 12.7. The third-order valence-electron chi connectivity index (χ3n) is 3.85. The summed E-state index contributed by atoms with van der Waals surface area (Å²) in [4.78, 5) is 28.7. The Bertz CT molecular complexity index is 937. The smallest absolute Gasteiger partial charge is 0.254 e. The minimum absolute atomic E-state index is 0.318. The number of nitrogens with two attached hydrogens (primary N) is 1. The topological polar surface area (TPSA) is 85.1 Å². The molecule has 3 aromatic rings. The lowest BCUT2D eigenvalue weighted by molar-refractivity contribution is -0.119. The molecule has 0 aliphatic heterocycles. The van der Waals surface area contributed by atoms with Crippen molar-refractivity contribution in [1.82, 2.24) is 10.3 Å². The van der Waals surface area contributed by atoms with Gasteiger partial charge in [-0.2, -0.15) is 0 Å². The second-order valence-corrected chi connectivity index (χ2v) is 6.56. The van der Waals surface area contributed by atoms with Crippen LogP contribution in [0.15, 0.2) is 65.3 Å². The van der Waals surface area contributed by atoms with Gasteiger partial charge in [0.15, 0.2) is 0 Å². The van der Waals surface area contributed by atoms with Gasteiger partial charge in [0.1, 0.15) is 6.04 Å². The first-order valence-electron chi connectivity index (χ1n) is 7.73. The van der Waals surface area contributed by atoms with E-state index in [-0.39, 0.29) is 5.91 Å². The molecule has 0 bridgehead atoms. The van der Waals surface area contributed by atoms with Crippen molar-refractivity contribution in [2.24, 2.45) is 5.73 Å². The molecular weight excluding hydrogens is 382 g/mol. The molecule has 3 rings (SSSR count). The number of aromatic nitrogens is 1. The maximum Gasteiger partial charge on any atom is 0.254 e. The van der Waals surface area contributed by atoms with Gasteiger partial charge in [0.2, 0.25) is 5.91 Å². The molecular formula is C19H16BrN3O2. The van der Waals surface area contributed by atoms with E-state index in [1.54, 1.807) is 18.3 Å². The summed E-state index contributed by atoms with van der Waals surface area (Å²) in [5.74, 6) is -0.954. The lowest BCUT2D eigenvalue weighted by Crippen LogP contribution is -2.45. The summed E-state index contributed by atoms with van der Waals surface area (Å²) >= 11 is 3.39. The Morgan fingerprint density at radius 1 is 1.12 bits per heavy atom. The Labute approximate surface area is 153 Å². The van der Waals surface area contributed by atoms with Gasteiger partial charge in [-0.15, -0.1) is 0 Å². The van der Waals surface area contributed by atoms with E-state index in [2.05, 4.69) is 26.2 Å². The Morgan fingerprint density at radius 3 is 2.64 bits per heavy atom. The lowest BCUT2D eigenvalue weighted by Gasteiger charge is -2.16. The largest absolute Gasteiger partial charge is 0.368 e. The number of benzene rings is 2. The van der Waals surface area contributed by atoms with Gasteiger partial charge < -0.3 is 11.1 Å². The number of rotatable bonds is 5. The van der Waals surface area contributed by atoms with E-state index in [9.17, 15) is 9.59 Å². The molecule has 3 N–H and O–H groups in total. The van der Waals surface area contributed by atoms with Crippen LogP contribution in [0.2, 0.25) is 0 Å². The molecule has 0 aliphatic carbocycles. The third-order valence-corrected chi connectivity index (χ3v) is 4.35. The zero-order valence-corrected chi connectivity index (χ0v) is 14.9. The van der Waals surface area contributed by atoms with Crippen LogP contribution < -0.4 is 11.1 Å². The molecule has 126 valence electrons. The minimum atomic E-state index is -0.805. The number of amides is 2. The molecule has 0 spiro atoms. The molecule has 1 heterocycles. The Hall–Kier alpha value is -2.73.